The predicted molar refractivity (Wildman–Crippen MR) is 173 cm³/mol. The Hall–Kier alpha value is -3.77. The number of aliphatic hydroxyl groups is 1. The summed E-state index contributed by atoms with van der Waals surface area (Å²) in [6.45, 7) is 5.04. The normalized spacial score (nSPS) is 11.8. The number of esters is 1. The van der Waals surface area contributed by atoms with Gasteiger partial charge in [0, 0.05) is 29.7 Å². The van der Waals surface area contributed by atoms with Gasteiger partial charge in [-0.2, -0.15) is 0 Å². The quantitative estimate of drug-likeness (QED) is 0.0806. The van der Waals surface area contributed by atoms with Gasteiger partial charge in [0.2, 0.25) is 0 Å². The van der Waals surface area contributed by atoms with Crippen LogP contribution in [0.4, 0.5) is 0 Å². The Morgan fingerprint density at radius 3 is 2.16 bits per heavy atom. The molecule has 0 fully saturated rings. The number of hydrogen-bond donors (Lipinski definition) is 1. The van der Waals surface area contributed by atoms with E-state index in [0.717, 1.165) is 24.8 Å². The zero-order valence-electron chi connectivity index (χ0n) is 26.1. The average Bonchev–Trinajstić information content (AvgIpc) is 3.03. The Morgan fingerprint density at radius 1 is 0.791 bits per heavy atom. The van der Waals surface area contributed by atoms with E-state index in [0.29, 0.717) is 53.8 Å². The summed E-state index contributed by atoms with van der Waals surface area (Å²) >= 11 is 0. The fourth-order valence-electron chi connectivity index (χ4n) is 4.80. The summed E-state index contributed by atoms with van der Waals surface area (Å²) in [5.41, 5.74) is 2.29. The number of rotatable bonds is 20. The van der Waals surface area contributed by atoms with Gasteiger partial charge in [-0.25, -0.2) is 0 Å². The summed E-state index contributed by atoms with van der Waals surface area (Å²) in [6, 6.07) is 20.6. The van der Waals surface area contributed by atoms with Gasteiger partial charge in [0.15, 0.2) is 0 Å². The zero-order valence-corrected chi connectivity index (χ0v) is 26.1. The third-order valence-corrected chi connectivity index (χ3v) is 7.24. The molecule has 0 aliphatic rings. The van der Waals surface area contributed by atoms with E-state index in [9.17, 15) is 9.90 Å². The number of methoxy groups -OCH3 is 1. The second-order valence-electron chi connectivity index (χ2n) is 10.7. The number of unbranched alkanes of at least 4 members (excludes halogenated alkanes) is 8. The van der Waals surface area contributed by atoms with Crippen molar-refractivity contribution in [2.45, 2.75) is 90.8 Å². The van der Waals surface area contributed by atoms with Crippen molar-refractivity contribution in [3.8, 4) is 23.0 Å². The standard InChI is InChI=1S/C37H48O6/c1-4-6-7-8-9-10-11-12-16-19-37(39)43-35-26-31(40-3)22-20-30(35)21-25-34(38)33-24-23-32(41-5-2)27-36(33)42-28-29-17-14-13-15-18-29/h13-15,17-18,20-27,34,38H,4-12,16,19,28H2,1-3H3. The molecule has 232 valence electrons. The SMILES string of the molecule is CCCCCCCCCCCC(=O)Oc1cc(OC)ccc1C=CC(O)c1ccc(OCC)cc1OCc1ccccc1. The topological polar surface area (TPSA) is 74.2 Å². The number of ether oxygens (including phenoxy) is 4. The molecule has 1 N–H and O–H groups in total. The van der Waals surface area contributed by atoms with Crippen molar-refractivity contribution in [3.63, 3.8) is 0 Å². The van der Waals surface area contributed by atoms with Gasteiger partial charge >= 0.3 is 5.97 Å². The lowest BCUT2D eigenvalue weighted by molar-refractivity contribution is -0.134. The number of aliphatic hydroxyl groups excluding tert-OH is 1. The summed E-state index contributed by atoms with van der Waals surface area (Å²) in [4.78, 5) is 12.7. The third kappa shape index (κ3) is 12.2. The average molecular weight is 589 g/mol. The molecule has 6 heteroatoms. The van der Waals surface area contributed by atoms with Gasteiger partial charge in [-0.05, 0) is 43.2 Å². The van der Waals surface area contributed by atoms with Crippen LogP contribution in [0.25, 0.3) is 6.08 Å². The van der Waals surface area contributed by atoms with Gasteiger partial charge in [-0.1, -0.05) is 101 Å². The number of carbonyl (C=O) groups is 1. The van der Waals surface area contributed by atoms with E-state index in [4.69, 9.17) is 18.9 Å². The Labute approximate surface area is 257 Å². The summed E-state index contributed by atoms with van der Waals surface area (Å²) in [7, 11) is 1.57. The molecule has 3 rings (SSSR count). The first-order chi connectivity index (χ1) is 21.0. The molecule has 0 radical (unpaired) electrons. The van der Waals surface area contributed by atoms with Gasteiger partial charge in [-0.3, -0.25) is 4.79 Å². The highest BCUT2D eigenvalue weighted by atomic mass is 16.5. The van der Waals surface area contributed by atoms with E-state index in [2.05, 4.69) is 6.92 Å². The maximum absolute atomic E-state index is 12.7. The Balaban J connectivity index is 1.63. The Bertz CT molecular complexity index is 1250. The number of benzene rings is 3. The van der Waals surface area contributed by atoms with Gasteiger partial charge in [0.25, 0.3) is 0 Å². The van der Waals surface area contributed by atoms with Crippen LogP contribution in [0.15, 0.2) is 72.8 Å². The second-order valence-corrected chi connectivity index (χ2v) is 10.7. The molecule has 0 amide bonds. The van der Waals surface area contributed by atoms with Crippen LogP contribution in [0.5, 0.6) is 23.0 Å². The van der Waals surface area contributed by atoms with Gasteiger partial charge in [0.1, 0.15) is 35.7 Å². The predicted octanol–water partition coefficient (Wildman–Crippen LogP) is 9.25. The van der Waals surface area contributed by atoms with E-state index in [1.54, 1.807) is 43.5 Å². The van der Waals surface area contributed by atoms with Crippen molar-refractivity contribution in [1.29, 1.82) is 0 Å². The van der Waals surface area contributed by atoms with E-state index >= 15 is 0 Å². The molecular weight excluding hydrogens is 540 g/mol. The van der Waals surface area contributed by atoms with Crippen LogP contribution in [0.3, 0.4) is 0 Å². The van der Waals surface area contributed by atoms with Gasteiger partial charge in [0.05, 0.1) is 13.7 Å². The number of hydrogen-bond acceptors (Lipinski definition) is 6. The maximum Gasteiger partial charge on any atom is 0.311 e. The fraction of sp³-hybridized carbons (Fsp3) is 0.432. The highest BCUT2D eigenvalue weighted by Crippen LogP contribution is 2.33. The van der Waals surface area contributed by atoms with Crippen LogP contribution in [-0.4, -0.2) is 24.8 Å². The molecule has 0 aliphatic heterocycles. The highest BCUT2D eigenvalue weighted by molar-refractivity contribution is 5.74. The van der Waals surface area contributed by atoms with Crippen LogP contribution >= 0.6 is 0 Å². The molecule has 1 atom stereocenters. The Morgan fingerprint density at radius 2 is 1.47 bits per heavy atom. The van der Waals surface area contributed by atoms with E-state index in [1.165, 1.54) is 38.5 Å². The smallest absolute Gasteiger partial charge is 0.311 e. The monoisotopic (exact) mass is 588 g/mol. The molecule has 0 bridgehead atoms. The van der Waals surface area contributed by atoms with E-state index in [1.807, 2.05) is 49.4 Å². The van der Waals surface area contributed by atoms with Crippen LogP contribution in [0.2, 0.25) is 0 Å². The molecule has 0 aliphatic carbocycles. The van der Waals surface area contributed by atoms with Crippen LogP contribution < -0.4 is 18.9 Å². The highest BCUT2D eigenvalue weighted by Gasteiger charge is 2.15. The number of carbonyl (C=O) groups excluding carboxylic acids is 1. The van der Waals surface area contributed by atoms with Crippen molar-refractivity contribution in [1.82, 2.24) is 0 Å². The van der Waals surface area contributed by atoms with Crippen LogP contribution in [0.1, 0.15) is 101 Å². The molecule has 1 unspecified atom stereocenters. The van der Waals surface area contributed by atoms with Crippen molar-refractivity contribution in [2.24, 2.45) is 0 Å². The Kier molecular flexibility index (Phi) is 15.2. The summed E-state index contributed by atoms with van der Waals surface area (Å²) in [5, 5.41) is 11.2. The van der Waals surface area contributed by atoms with Crippen LogP contribution in [0, 0.1) is 0 Å². The molecule has 0 heterocycles. The molecule has 3 aromatic rings. The van der Waals surface area contributed by atoms with Gasteiger partial charge < -0.3 is 24.1 Å². The van der Waals surface area contributed by atoms with E-state index < -0.39 is 6.10 Å². The molecule has 0 aromatic heterocycles. The lowest BCUT2D eigenvalue weighted by Gasteiger charge is -2.16. The summed E-state index contributed by atoms with van der Waals surface area (Å²) in [5.74, 6) is 1.92. The first-order valence-corrected chi connectivity index (χ1v) is 15.7. The lowest BCUT2D eigenvalue weighted by Crippen LogP contribution is -2.08. The molecule has 0 saturated carbocycles. The minimum Gasteiger partial charge on any atom is -0.497 e. The third-order valence-electron chi connectivity index (χ3n) is 7.24. The van der Waals surface area contributed by atoms with Crippen LogP contribution in [-0.2, 0) is 11.4 Å². The summed E-state index contributed by atoms with van der Waals surface area (Å²) < 4.78 is 22.9. The molecule has 3 aromatic carbocycles. The molecule has 43 heavy (non-hydrogen) atoms. The largest absolute Gasteiger partial charge is 0.497 e. The molecular formula is C37H48O6. The zero-order chi connectivity index (χ0) is 30.7. The second kappa shape index (κ2) is 19.4. The lowest BCUT2D eigenvalue weighted by atomic mass is 10.1. The van der Waals surface area contributed by atoms with Crippen molar-refractivity contribution in [2.75, 3.05) is 13.7 Å². The minimum atomic E-state index is -0.964. The summed E-state index contributed by atoms with van der Waals surface area (Å²) in [6.07, 6.45) is 13.5. The van der Waals surface area contributed by atoms with Crippen molar-refractivity contribution >= 4 is 12.0 Å². The fourth-order valence-corrected chi connectivity index (χ4v) is 4.80. The molecule has 6 nitrogen and oxygen atoms in total. The van der Waals surface area contributed by atoms with Crippen molar-refractivity contribution in [3.05, 3.63) is 89.5 Å². The van der Waals surface area contributed by atoms with Gasteiger partial charge in [-0.15, -0.1) is 0 Å². The van der Waals surface area contributed by atoms with E-state index in [-0.39, 0.29) is 5.97 Å². The van der Waals surface area contributed by atoms with Crippen molar-refractivity contribution < 1.29 is 28.8 Å². The minimum absolute atomic E-state index is 0.269. The molecule has 0 saturated heterocycles. The maximum atomic E-state index is 12.7. The molecule has 0 spiro atoms. The first-order valence-electron chi connectivity index (χ1n) is 15.7. The first kappa shape index (κ1) is 33.7.